The Labute approximate surface area is 70.2 Å². The normalized spacial score (nSPS) is 9.73. The lowest BCUT2D eigenvalue weighted by Gasteiger charge is -1.98. The summed E-state index contributed by atoms with van der Waals surface area (Å²) in [6.07, 6.45) is 0. The number of aryl methyl sites for hydroxylation is 1. The molecule has 0 aromatic carbocycles. The maximum absolute atomic E-state index is 10.9. The third-order valence-corrected chi connectivity index (χ3v) is 1.62. The van der Waals surface area contributed by atoms with Gasteiger partial charge in [0.2, 0.25) is 0 Å². The smallest absolute Gasteiger partial charge is 0.179 e. The number of rotatable bonds is 1. The number of hydrogen-bond donors (Lipinski definition) is 0. The molecule has 0 aliphatic carbocycles. The first kappa shape index (κ1) is 8.21. The first-order chi connectivity index (χ1) is 5.11. The van der Waals surface area contributed by atoms with Crippen molar-refractivity contribution in [3.63, 3.8) is 0 Å². The maximum Gasteiger partial charge on any atom is 0.179 e. The number of nitrogens with zero attached hydrogens (tertiary/aromatic N) is 1. The predicted molar refractivity (Wildman–Crippen MR) is 44.0 cm³/mol. The summed E-state index contributed by atoms with van der Waals surface area (Å²) in [6, 6.07) is 3.45. The molecule has 3 heteroatoms. The Morgan fingerprint density at radius 3 is 2.64 bits per heavy atom. The predicted octanol–water partition coefficient (Wildman–Crippen LogP) is 2.25. The zero-order chi connectivity index (χ0) is 8.43. The number of Topliss-reactive ketones (excluding diaryl/α,β-unsaturated/α-hetero) is 1. The van der Waals surface area contributed by atoms with Crippen molar-refractivity contribution in [2.75, 3.05) is 0 Å². The van der Waals surface area contributed by atoms with E-state index in [2.05, 4.69) is 4.98 Å². The molecule has 11 heavy (non-hydrogen) atoms. The SMILES string of the molecule is CC(=O)c1nc(C)ccc1Cl. The van der Waals surface area contributed by atoms with Gasteiger partial charge in [-0.3, -0.25) is 4.79 Å². The van der Waals surface area contributed by atoms with Gasteiger partial charge in [-0.25, -0.2) is 4.98 Å². The highest BCUT2D eigenvalue weighted by molar-refractivity contribution is 6.33. The highest BCUT2D eigenvalue weighted by Gasteiger charge is 2.05. The summed E-state index contributed by atoms with van der Waals surface area (Å²) in [6.45, 7) is 3.27. The van der Waals surface area contributed by atoms with Gasteiger partial charge in [-0.05, 0) is 19.1 Å². The van der Waals surface area contributed by atoms with Gasteiger partial charge in [-0.1, -0.05) is 11.6 Å². The van der Waals surface area contributed by atoms with Crippen LogP contribution >= 0.6 is 11.6 Å². The van der Waals surface area contributed by atoms with E-state index in [9.17, 15) is 4.79 Å². The summed E-state index contributed by atoms with van der Waals surface area (Å²) >= 11 is 5.71. The quantitative estimate of drug-likeness (QED) is 0.604. The van der Waals surface area contributed by atoms with Crippen molar-refractivity contribution >= 4 is 17.4 Å². The Balaban J connectivity index is 3.23. The van der Waals surface area contributed by atoms with E-state index < -0.39 is 0 Å². The van der Waals surface area contributed by atoms with Crippen molar-refractivity contribution < 1.29 is 4.79 Å². The van der Waals surface area contributed by atoms with Crippen LogP contribution < -0.4 is 0 Å². The molecule has 58 valence electrons. The van der Waals surface area contributed by atoms with Gasteiger partial charge in [-0.2, -0.15) is 0 Å². The fraction of sp³-hybridized carbons (Fsp3) is 0.250. The lowest BCUT2D eigenvalue weighted by Crippen LogP contribution is -1.98. The minimum atomic E-state index is -0.0984. The van der Waals surface area contributed by atoms with Gasteiger partial charge >= 0.3 is 0 Å². The average molecular weight is 170 g/mol. The monoisotopic (exact) mass is 169 g/mol. The molecule has 0 unspecified atom stereocenters. The van der Waals surface area contributed by atoms with E-state index in [-0.39, 0.29) is 5.78 Å². The van der Waals surface area contributed by atoms with E-state index in [1.807, 2.05) is 6.92 Å². The molecule has 1 aromatic rings. The van der Waals surface area contributed by atoms with Crippen LogP contribution in [0.25, 0.3) is 0 Å². The van der Waals surface area contributed by atoms with Gasteiger partial charge in [0.15, 0.2) is 5.78 Å². The van der Waals surface area contributed by atoms with Crippen LogP contribution in [0.2, 0.25) is 5.02 Å². The summed E-state index contributed by atoms with van der Waals surface area (Å²) in [5.41, 5.74) is 1.16. The van der Waals surface area contributed by atoms with Crippen molar-refractivity contribution in [3.05, 3.63) is 28.5 Å². The standard InChI is InChI=1S/C8H8ClNO/c1-5-3-4-7(9)8(10-5)6(2)11/h3-4H,1-2H3. The number of hydrogen-bond acceptors (Lipinski definition) is 2. The molecule has 1 rings (SSSR count). The molecule has 0 amide bonds. The summed E-state index contributed by atoms with van der Waals surface area (Å²) in [7, 11) is 0. The molecule has 0 aliphatic rings. The van der Waals surface area contributed by atoms with E-state index >= 15 is 0 Å². The summed E-state index contributed by atoms with van der Waals surface area (Å²) < 4.78 is 0. The molecule has 0 saturated heterocycles. The third kappa shape index (κ3) is 1.77. The van der Waals surface area contributed by atoms with Crippen LogP contribution in [0.1, 0.15) is 23.1 Å². The fourth-order valence-electron chi connectivity index (χ4n) is 0.787. The maximum atomic E-state index is 10.9. The van der Waals surface area contributed by atoms with Crippen LogP contribution in [0.3, 0.4) is 0 Å². The molecule has 2 nitrogen and oxygen atoms in total. The minimum Gasteiger partial charge on any atom is -0.293 e. The number of carbonyl (C=O) groups is 1. The second-order valence-corrected chi connectivity index (χ2v) is 2.75. The zero-order valence-corrected chi connectivity index (χ0v) is 7.14. The first-order valence-electron chi connectivity index (χ1n) is 3.25. The van der Waals surface area contributed by atoms with Gasteiger partial charge in [-0.15, -0.1) is 0 Å². The minimum absolute atomic E-state index is 0.0984. The van der Waals surface area contributed by atoms with Gasteiger partial charge in [0.25, 0.3) is 0 Å². The van der Waals surface area contributed by atoms with Crippen molar-refractivity contribution in [1.29, 1.82) is 0 Å². The number of pyridine rings is 1. The molecular formula is C8H8ClNO. The second-order valence-electron chi connectivity index (χ2n) is 2.34. The molecule has 0 N–H and O–H groups in total. The van der Waals surface area contributed by atoms with E-state index in [0.717, 1.165) is 5.69 Å². The largest absolute Gasteiger partial charge is 0.293 e. The Morgan fingerprint density at radius 1 is 1.55 bits per heavy atom. The number of ketones is 1. The Hall–Kier alpha value is -0.890. The van der Waals surface area contributed by atoms with Crippen LogP contribution in [0.15, 0.2) is 12.1 Å². The molecule has 0 radical (unpaired) electrons. The van der Waals surface area contributed by atoms with Crippen LogP contribution in [-0.4, -0.2) is 10.8 Å². The number of carbonyl (C=O) groups excluding carboxylic acids is 1. The van der Waals surface area contributed by atoms with Crippen LogP contribution in [0.4, 0.5) is 0 Å². The molecule has 0 bridgehead atoms. The number of aromatic nitrogens is 1. The van der Waals surface area contributed by atoms with Gasteiger partial charge in [0, 0.05) is 12.6 Å². The number of halogens is 1. The summed E-state index contributed by atoms with van der Waals surface area (Å²) in [5.74, 6) is -0.0984. The van der Waals surface area contributed by atoms with Crippen molar-refractivity contribution in [2.24, 2.45) is 0 Å². The summed E-state index contributed by atoms with van der Waals surface area (Å²) in [5, 5.41) is 0.420. The molecule has 1 aromatic heterocycles. The summed E-state index contributed by atoms with van der Waals surface area (Å²) in [4.78, 5) is 14.9. The molecular weight excluding hydrogens is 162 g/mol. The lowest BCUT2D eigenvalue weighted by molar-refractivity contribution is 0.101. The Bertz CT molecular complexity index is 296. The van der Waals surface area contributed by atoms with E-state index in [1.54, 1.807) is 12.1 Å². The van der Waals surface area contributed by atoms with Crippen molar-refractivity contribution in [2.45, 2.75) is 13.8 Å². The van der Waals surface area contributed by atoms with Crippen LogP contribution in [-0.2, 0) is 0 Å². The van der Waals surface area contributed by atoms with E-state index in [0.29, 0.717) is 10.7 Å². The Morgan fingerprint density at radius 2 is 2.18 bits per heavy atom. The molecule has 0 aliphatic heterocycles. The van der Waals surface area contributed by atoms with Crippen LogP contribution in [0, 0.1) is 6.92 Å². The van der Waals surface area contributed by atoms with Gasteiger partial charge < -0.3 is 0 Å². The zero-order valence-electron chi connectivity index (χ0n) is 6.39. The molecule has 1 heterocycles. The lowest BCUT2D eigenvalue weighted by atomic mass is 10.2. The molecule has 0 saturated carbocycles. The van der Waals surface area contributed by atoms with Crippen molar-refractivity contribution in [1.82, 2.24) is 4.98 Å². The van der Waals surface area contributed by atoms with Crippen LogP contribution in [0.5, 0.6) is 0 Å². The van der Waals surface area contributed by atoms with Crippen molar-refractivity contribution in [3.8, 4) is 0 Å². The van der Waals surface area contributed by atoms with E-state index in [1.165, 1.54) is 6.92 Å². The van der Waals surface area contributed by atoms with Gasteiger partial charge in [0.05, 0.1) is 5.02 Å². The first-order valence-corrected chi connectivity index (χ1v) is 3.63. The molecule has 0 fully saturated rings. The second kappa shape index (κ2) is 3.01. The molecule has 0 spiro atoms. The third-order valence-electron chi connectivity index (χ3n) is 1.32. The molecule has 0 atom stereocenters. The highest BCUT2D eigenvalue weighted by Crippen LogP contribution is 2.13. The Kier molecular flexibility index (Phi) is 2.25. The van der Waals surface area contributed by atoms with Gasteiger partial charge in [0.1, 0.15) is 5.69 Å². The van der Waals surface area contributed by atoms with E-state index in [4.69, 9.17) is 11.6 Å². The average Bonchev–Trinajstić information content (AvgIpc) is 1.94. The topological polar surface area (TPSA) is 30.0 Å². The highest BCUT2D eigenvalue weighted by atomic mass is 35.5. The fourth-order valence-corrected chi connectivity index (χ4v) is 1.02.